The van der Waals surface area contributed by atoms with Gasteiger partial charge in [0.05, 0.1) is 7.11 Å². The number of methoxy groups -OCH3 is 1. The predicted octanol–water partition coefficient (Wildman–Crippen LogP) is 3.92. The van der Waals surface area contributed by atoms with Gasteiger partial charge in [0.15, 0.2) is 0 Å². The maximum atomic E-state index is 12.5. The van der Waals surface area contributed by atoms with Crippen molar-refractivity contribution in [3.05, 3.63) is 29.8 Å². The first-order chi connectivity index (χ1) is 10.1. The largest absolute Gasteiger partial charge is 0.467 e. The van der Waals surface area contributed by atoms with E-state index in [-0.39, 0.29) is 5.97 Å². The summed E-state index contributed by atoms with van der Waals surface area (Å²) < 4.78 is 5.15. The Balaban J connectivity index is 1.86. The van der Waals surface area contributed by atoms with Crippen LogP contribution in [0.5, 0.6) is 0 Å². The van der Waals surface area contributed by atoms with Crippen LogP contribution in [0.1, 0.15) is 44.1 Å². The molecule has 3 heteroatoms. The Morgan fingerprint density at radius 3 is 2.67 bits per heavy atom. The van der Waals surface area contributed by atoms with Crippen molar-refractivity contribution in [3.63, 3.8) is 0 Å². The van der Waals surface area contributed by atoms with Gasteiger partial charge in [0.25, 0.3) is 0 Å². The number of carbonyl (C=O) groups is 1. The second-order valence-electron chi connectivity index (χ2n) is 6.71. The Labute approximate surface area is 127 Å². The van der Waals surface area contributed by atoms with Crippen molar-refractivity contribution < 1.29 is 9.53 Å². The first-order valence-corrected chi connectivity index (χ1v) is 8.07. The predicted molar refractivity (Wildman–Crippen MR) is 84.2 cm³/mol. The number of esters is 1. The van der Waals surface area contributed by atoms with Gasteiger partial charge >= 0.3 is 5.97 Å². The van der Waals surface area contributed by atoms with E-state index in [9.17, 15) is 4.79 Å². The molecule has 0 heterocycles. The third-order valence-corrected chi connectivity index (χ3v) is 5.17. The summed E-state index contributed by atoms with van der Waals surface area (Å²) in [5, 5.41) is 3.55. The molecule has 0 amide bonds. The molecule has 0 bridgehead atoms. The maximum absolute atomic E-state index is 12.5. The first-order valence-electron chi connectivity index (χ1n) is 8.07. The molecule has 2 unspecified atom stereocenters. The number of para-hydroxylation sites is 1. The Bertz CT molecular complexity index is 524. The van der Waals surface area contributed by atoms with Gasteiger partial charge < -0.3 is 10.1 Å². The Hall–Kier alpha value is -1.51. The summed E-state index contributed by atoms with van der Waals surface area (Å²) in [6.07, 6.45) is 6.84. The van der Waals surface area contributed by atoms with Gasteiger partial charge in [-0.05, 0) is 62.5 Å². The second-order valence-corrected chi connectivity index (χ2v) is 6.71. The summed E-state index contributed by atoms with van der Waals surface area (Å²) in [6.45, 7) is 2.08. The lowest BCUT2D eigenvalue weighted by molar-refractivity contribution is -0.148. The Morgan fingerprint density at radius 1 is 1.24 bits per heavy atom. The third kappa shape index (κ3) is 2.92. The monoisotopic (exact) mass is 287 g/mol. The highest BCUT2D eigenvalue weighted by Gasteiger charge is 2.47. The zero-order chi connectivity index (χ0) is 14.9. The number of benzene rings is 1. The molecule has 3 rings (SSSR count). The van der Waals surface area contributed by atoms with Crippen molar-refractivity contribution in [1.82, 2.24) is 0 Å². The van der Waals surface area contributed by atoms with Crippen molar-refractivity contribution in [1.29, 1.82) is 0 Å². The SMILES string of the molecule is COC(=O)C1(Nc2ccccc2C)CCCC(C2CC2)C1. The summed E-state index contributed by atoms with van der Waals surface area (Å²) in [5.74, 6) is 1.42. The topological polar surface area (TPSA) is 38.3 Å². The van der Waals surface area contributed by atoms with E-state index in [1.54, 1.807) is 0 Å². The van der Waals surface area contributed by atoms with Gasteiger partial charge in [-0.15, -0.1) is 0 Å². The molecule has 0 aromatic heterocycles. The first kappa shape index (κ1) is 14.4. The van der Waals surface area contributed by atoms with Crippen LogP contribution in [0.3, 0.4) is 0 Å². The molecule has 1 N–H and O–H groups in total. The lowest BCUT2D eigenvalue weighted by Crippen LogP contribution is -2.51. The van der Waals surface area contributed by atoms with Crippen molar-refractivity contribution in [2.75, 3.05) is 12.4 Å². The van der Waals surface area contributed by atoms with Crippen LogP contribution < -0.4 is 5.32 Å². The maximum Gasteiger partial charge on any atom is 0.331 e. The minimum absolute atomic E-state index is 0.101. The molecule has 2 aliphatic rings. The average molecular weight is 287 g/mol. The number of nitrogens with one attached hydrogen (secondary N) is 1. The smallest absolute Gasteiger partial charge is 0.331 e. The molecular formula is C18H25NO2. The summed E-state index contributed by atoms with van der Waals surface area (Å²) >= 11 is 0. The minimum Gasteiger partial charge on any atom is -0.467 e. The van der Waals surface area contributed by atoms with E-state index in [2.05, 4.69) is 24.4 Å². The highest BCUT2D eigenvalue weighted by Crippen LogP contribution is 2.47. The molecule has 1 aromatic rings. The fourth-order valence-corrected chi connectivity index (χ4v) is 3.80. The van der Waals surface area contributed by atoms with Crippen molar-refractivity contribution in [3.8, 4) is 0 Å². The van der Waals surface area contributed by atoms with E-state index in [0.29, 0.717) is 5.92 Å². The molecule has 114 valence electrons. The lowest BCUT2D eigenvalue weighted by atomic mass is 9.73. The average Bonchev–Trinajstić information content (AvgIpc) is 3.34. The zero-order valence-corrected chi connectivity index (χ0v) is 13.0. The number of aryl methyl sites for hydroxylation is 1. The van der Waals surface area contributed by atoms with Crippen molar-refractivity contribution >= 4 is 11.7 Å². The molecule has 2 aliphatic carbocycles. The van der Waals surface area contributed by atoms with Gasteiger partial charge in [-0.25, -0.2) is 4.79 Å². The van der Waals surface area contributed by atoms with Gasteiger partial charge in [-0.3, -0.25) is 0 Å². The molecule has 21 heavy (non-hydrogen) atoms. The van der Waals surface area contributed by atoms with Gasteiger partial charge in [0.1, 0.15) is 5.54 Å². The van der Waals surface area contributed by atoms with Gasteiger partial charge in [-0.1, -0.05) is 24.6 Å². The summed E-state index contributed by atoms with van der Waals surface area (Å²) in [6, 6.07) is 8.18. The van der Waals surface area contributed by atoms with Gasteiger partial charge in [0, 0.05) is 5.69 Å². The number of anilines is 1. The van der Waals surface area contributed by atoms with E-state index >= 15 is 0 Å². The molecule has 0 saturated heterocycles. The number of rotatable bonds is 4. The van der Waals surface area contributed by atoms with E-state index in [1.807, 2.05) is 12.1 Å². The van der Waals surface area contributed by atoms with E-state index < -0.39 is 5.54 Å². The zero-order valence-electron chi connectivity index (χ0n) is 13.0. The molecule has 0 aliphatic heterocycles. The summed E-state index contributed by atoms with van der Waals surface area (Å²) in [4.78, 5) is 12.5. The van der Waals surface area contributed by atoms with Crippen LogP contribution in [0, 0.1) is 18.8 Å². The number of hydrogen-bond donors (Lipinski definition) is 1. The van der Waals surface area contributed by atoms with Crippen molar-refractivity contribution in [2.24, 2.45) is 11.8 Å². The Kier molecular flexibility index (Phi) is 3.92. The second kappa shape index (κ2) is 5.70. The number of carbonyl (C=O) groups excluding carboxylic acids is 1. The molecule has 1 aromatic carbocycles. The van der Waals surface area contributed by atoms with Crippen LogP contribution in [0.4, 0.5) is 5.69 Å². The molecule has 2 atom stereocenters. The third-order valence-electron chi connectivity index (χ3n) is 5.17. The van der Waals surface area contributed by atoms with E-state index in [4.69, 9.17) is 4.74 Å². The quantitative estimate of drug-likeness (QED) is 0.853. The van der Waals surface area contributed by atoms with Crippen LogP contribution >= 0.6 is 0 Å². The van der Waals surface area contributed by atoms with Crippen LogP contribution in [0.2, 0.25) is 0 Å². The van der Waals surface area contributed by atoms with Crippen LogP contribution in [-0.2, 0) is 9.53 Å². The summed E-state index contributed by atoms with van der Waals surface area (Å²) in [5.41, 5.74) is 1.69. The lowest BCUT2D eigenvalue weighted by Gasteiger charge is -2.40. The fraction of sp³-hybridized carbons (Fsp3) is 0.611. The molecule has 0 radical (unpaired) electrons. The number of ether oxygens (including phenoxy) is 1. The van der Waals surface area contributed by atoms with E-state index in [1.165, 1.54) is 31.9 Å². The van der Waals surface area contributed by atoms with Crippen LogP contribution in [0.15, 0.2) is 24.3 Å². The highest BCUT2D eigenvalue weighted by molar-refractivity contribution is 5.85. The molecular weight excluding hydrogens is 262 g/mol. The van der Waals surface area contributed by atoms with Crippen LogP contribution in [-0.4, -0.2) is 18.6 Å². The standard InChI is InChI=1S/C18H25NO2/c1-13-6-3-4-8-16(13)19-18(17(20)21-2)11-5-7-15(12-18)14-9-10-14/h3-4,6,8,14-15,19H,5,7,9-12H2,1-2H3. The molecule has 0 spiro atoms. The fourth-order valence-electron chi connectivity index (χ4n) is 3.80. The minimum atomic E-state index is -0.535. The number of hydrogen-bond acceptors (Lipinski definition) is 3. The van der Waals surface area contributed by atoms with E-state index in [0.717, 1.165) is 30.9 Å². The van der Waals surface area contributed by atoms with Gasteiger partial charge in [-0.2, -0.15) is 0 Å². The normalized spacial score (nSPS) is 29.0. The molecule has 3 nitrogen and oxygen atoms in total. The molecule has 2 fully saturated rings. The van der Waals surface area contributed by atoms with Crippen molar-refractivity contribution in [2.45, 2.75) is 51.0 Å². The molecule has 2 saturated carbocycles. The summed E-state index contributed by atoms with van der Waals surface area (Å²) in [7, 11) is 1.50. The highest BCUT2D eigenvalue weighted by atomic mass is 16.5. The van der Waals surface area contributed by atoms with Gasteiger partial charge in [0.2, 0.25) is 0 Å². The van der Waals surface area contributed by atoms with Crippen LogP contribution in [0.25, 0.3) is 0 Å². The Morgan fingerprint density at radius 2 is 2.00 bits per heavy atom.